The third-order valence-electron chi connectivity index (χ3n) is 8.99. The fraction of sp³-hybridized carbons (Fsp3) is 0.636. The second-order valence-corrected chi connectivity index (χ2v) is 14.1. The Labute approximate surface area is 285 Å². The highest BCUT2D eigenvalue weighted by molar-refractivity contribution is 6.47. The number of allylic oxidation sites excluding steroid dienone is 2. The second-order valence-electron chi connectivity index (χ2n) is 14.1. The van der Waals surface area contributed by atoms with Gasteiger partial charge in [0.1, 0.15) is 0 Å². The summed E-state index contributed by atoms with van der Waals surface area (Å²) in [6.45, 7) is 13.2. The van der Waals surface area contributed by atoms with Crippen molar-refractivity contribution in [3.63, 3.8) is 0 Å². The average Bonchev–Trinajstić information content (AvgIpc) is 3.00. The van der Waals surface area contributed by atoms with Gasteiger partial charge in [-0.25, -0.2) is 4.99 Å². The number of hydrogen-bond acceptors (Lipinski definition) is 2. The first-order valence-corrected chi connectivity index (χ1v) is 19.4. The summed E-state index contributed by atoms with van der Waals surface area (Å²) in [5.74, 6) is 0. The van der Waals surface area contributed by atoms with Crippen molar-refractivity contribution in [2.24, 2.45) is 9.98 Å². The second kappa shape index (κ2) is 25.6. The number of unbranched alkanes of at least 4 members (excludes halogenated alkanes) is 19. The number of rotatable bonds is 26. The van der Waals surface area contributed by atoms with Crippen LogP contribution in [-0.4, -0.2) is 11.4 Å². The number of nitrogens with zero attached hydrogens (tertiary/aromatic N) is 2. The molecule has 0 aliphatic carbocycles. The molecule has 2 rings (SSSR count). The molecule has 0 N–H and O–H groups in total. The van der Waals surface area contributed by atoms with Crippen LogP contribution in [0.3, 0.4) is 0 Å². The Morgan fingerprint density at radius 1 is 0.457 bits per heavy atom. The predicted molar refractivity (Wildman–Crippen MR) is 208 cm³/mol. The van der Waals surface area contributed by atoms with E-state index in [1.165, 1.54) is 138 Å². The maximum atomic E-state index is 5.20. The summed E-state index contributed by atoms with van der Waals surface area (Å²) in [5.41, 5.74) is 9.19. The lowest BCUT2D eigenvalue weighted by Crippen LogP contribution is -2.12. The van der Waals surface area contributed by atoms with Gasteiger partial charge in [-0.1, -0.05) is 148 Å². The third-order valence-corrected chi connectivity index (χ3v) is 8.99. The first-order valence-electron chi connectivity index (χ1n) is 19.4. The standard InChI is InChI=1S/C44H70N2/c1-7-9-11-12-13-14-15-16-17-18-19-20-21-22-23-24-25-26-27-28-30-44(46-42-35-39(5)32-40(6)36-42)43(29-10-8-2)45-41-33-37(3)31-38(4)34-41/h28,30-36H,7-27,29H2,1-6H3/b30-28+,45-43?,46-44?. The smallest absolute Gasteiger partial charge is 0.0848 e. The summed E-state index contributed by atoms with van der Waals surface area (Å²) in [6, 6.07) is 13.2. The fourth-order valence-corrected chi connectivity index (χ4v) is 6.47. The van der Waals surface area contributed by atoms with Gasteiger partial charge in [-0.2, -0.15) is 0 Å². The van der Waals surface area contributed by atoms with Crippen molar-refractivity contribution in [1.82, 2.24) is 0 Å². The van der Waals surface area contributed by atoms with E-state index in [1.807, 2.05) is 0 Å². The lowest BCUT2D eigenvalue weighted by molar-refractivity contribution is 0.525. The zero-order chi connectivity index (χ0) is 33.2. The molecule has 2 aromatic carbocycles. The van der Waals surface area contributed by atoms with Crippen LogP contribution in [0.15, 0.2) is 58.5 Å². The van der Waals surface area contributed by atoms with E-state index >= 15 is 0 Å². The highest BCUT2D eigenvalue weighted by Gasteiger charge is 2.09. The van der Waals surface area contributed by atoms with Gasteiger partial charge < -0.3 is 0 Å². The predicted octanol–water partition coefficient (Wildman–Crippen LogP) is 14.9. The maximum absolute atomic E-state index is 5.20. The molecular weight excluding hydrogens is 556 g/mol. The zero-order valence-electron chi connectivity index (χ0n) is 31.1. The van der Waals surface area contributed by atoms with Crippen molar-refractivity contribution < 1.29 is 0 Å². The van der Waals surface area contributed by atoms with Gasteiger partial charge in [0.25, 0.3) is 0 Å². The van der Waals surface area contributed by atoms with E-state index in [0.717, 1.165) is 48.5 Å². The summed E-state index contributed by atoms with van der Waals surface area (Å²) in [5, 5.41) is 0. The summed E-state index contributed by atoms with van der Waals surface area (Å²) in [4.78, 5) is 10.4. The molecule has 0 saturated heterocycles. The van der Waals surface area contributed by atoms with Gasteiger partial charge in [-0.05, 0) is 106 Å². The fourth-order valence-electron chi connectivity index (χ4n) is 6.47. The molecule has 0 spiro atoms. The van der Waals surface area contributed by atoms with E-state index in [9.17, 15) is 0 Å². The Morgan fingerprint density at radius 2 is 0.826 bits per heavy atom. The van der Waals surface area contributed by atoms with E-state index in [0.29, 0.717) is 0 Å². The normalized spacial score (nSPS) is 12.5. The van der Waals surface area contributed by atoms with Crippen LogP contribution in [0.2, 0.25) is 0 Å². The summed E-state index contributed by atoms with van der Waals surface area (Å²) in [6.07, 6.45) is 34.4. The Balaban J connectivity index is 1.78. The Bertz CT molecular complexity index is 1130. The van der Waals surface area contributed by atoms with Crippen LogP contribution in [0.4, 0.5) is 11.4 Å². The number of aryl methyl sites for hydroxylation is 4. The number of benzene rings is 2. The molecule has 0 saturated carbocycles. The first kappa shape index (κ1) is 39.7. The molecule has 0 aliphatic rings. The average molecular weight is 627 g/mol. The molecular formula is C44H70N2. The Kier molecular flexibility index (Phi) is 22.1. The monoisotopic (exact) mass is 627 g/mol. The summed E-state index contributed by atoms with van der Waals surface area (Å²) in [7, 11) is 0. The van der Waals surface area contributed by atoms with Crippen LogP contribution < -0.4 is 0 Å². The van der Waals surface area contributed by atoms with E-state index in [-0.39, 0.29) is 0 Å². The van der Waals surface area contributed by atoms with E-state index in [1.54, 1.807) is 0 Å². The van der Waals surface area contributed by atoms with Gasteiger partial charge in [-0.15, -0.1) is 0 Å². The molecule has 2 aromatic rings. The highest BCUT2D eigenvalue weighted by atomic mass is 14.8. The van der Waals surface area contributed by atoms with Crippen LogP contribution in [0, 0.1) is 27.7 Å². The van der Waals surface area contributed by atoms with E-state index in [4.69, 9.17) is 9.98 Å². The number of hydrogen-bond donors (Lipinski definition) is 0. The van der Waals surface area contributed by atoms with Crippen molar-refractivity contribution in [3.05, 3.63) is 70.8 Å². The molecule has 0 aromatic heterocycles. The molecule has 0 bridgehead atoms. The lowest BCUT2D eigenvalue weighted by atomic mass is 10.0. The van der Waals surface area contributed by atoms with Gasteiger partial charge in [0.15, 0.2) is 0 Å². The molecule has 256 valence electrons. The topological polar surface area (TPSA) is 24.7 Å². The molecule has 0 fully saturated rings. The Morgan fingerprint density at radius 3 is 1.24 bits per heavy atom. The van der Waals surface area contributed by atoms with Crippen LogP contribution in [0.25, 0.3) is 0 Å². The van der Waals surface area contributed by atoms with Gasteiger partial charge in [0.2, 0.25) is 0 Å². The number of aliphatic imine (C=N–C) groups is 2. The molecule has 0 aliphatic heterocycles. The van der Waals surface area contributed by atoms with Crippen molar-refractivity contribution in [1.29, 1.82) is 0 Å². The first-order chi connectivity index (χ1) is 22.4. The van der Waals surface area contributed by atoms with Gasteiger partial charge in [0, 0.05) is 0 Å². The Hall–Kier alpha value is -2.48. The summed E-state index contributed by atoms with van der Waals surface area (Å²) >= 11 is 0. The molecule has 0 atom stereocenters. The molecule has 2 heteroatoms. The lowest BCUT2D eigenvalue weighted by Gasteiger charge is -2.10. The maximum Gasteiger partial charge on any atom is 0.0848 e. The molecule has 0 radical (unpaired) electrons. The SMILES string of the molecule is CCCCCCCCCCCCCCCCCCCC/C=C/C(=Nc1cc(C)cc(C)c1)C(CCCC)=Nc1cc(C)cc(C)c1. The minimum Gasteiger partial charge on any atom is -0.251 e. The van der Waals surface area contributed by atoms with Gasteiger partial charge >= 0.3 is 0 Å². The third kappa shape index (κ3) is 19.2. The van der Waals surface area contributed by atoms with Gasteiger partial charge in [-0.3, -0.25) is 4.99 Å². The van der Waals surface area contributed by atoms with Crippen LogP contribution in [0.5, 0.6) is 0 Å². The molecule has 0 amide bonds. The minimum atomic E-state index is 0.941. The largest absolute Gasteiger partial charge is 0.251 e. The van der Waals surface area contributed by atoms with Crippen LogP contribution in [-0.2, 0) is 0 Å². The minimum absolute atomic E-state index is 0.941. The van der Waals surface area contributed by atoms with Crippen molar-refractivity contribution >= 4 is 22.8 Å². The molecule has 46 heavy (non-hydrogen) atoms. The highest BCUT2D eigenvalue weighted by Crippen LogP contribution is 2.22. The van der Waals surface area contributed by atoms with Crippen LogP contribution in [0.1, 0.15) is 177 Å². The van der Waals surface area contributed by atoms with Gasteiger partial charge in [0.05, 0.1) is 22.8 Å². The van der Waals surface area contributed by atoms with Crippen molar-refractivity contribution in [2.45, 2.75) is 183 Å². The molecule has 0 heterocycles. The van der Waals surface area contributed by atoms with Crippen molar-refractivity contribution in [2.75, 3.05) is 0 Å². The van der Waals surface area contributed by atoms with E-state index in [2.05, 4.69) is 90.1 Å². The summed E-state index contributed by atoms with van der Waals surface area (Å²) < 4.78 is 0. The van der Waals surface area contributed by atoms with Crippen LogP contribution >= 0.6 is 0 Å². The molecule has 0 unspecified atom stereocenters. The zero-order valence-corrected chi connectivity index (χ0v) is 31.1. The van der Waals surface area contributed by atoms with Crippen molar-refractivity contribution in [3.8, 4) is 0 Å². The van der Waals surface area contributed by atoms with E-state index < -0.39 is 0 Å². The molecule has 2 nitrogen and oxygen atoms in total. The quantitative estimate of drug-likeness (QED) is 0.0733.